The van der Waals surface area contributed by atoms with Crippen LogP contribution in [0.3, 0.4) is 0 Å². The minimum atomic E-state index is -0.463. The molecule has 326 valence electrons. The molecule has 0 unspecified atom stereocenters. The molecule has 0 N–H and O–H groups in total. The summed E-state index contributed by atoms with van der Waals surface area (Å²) in [4.78, 5) is 2.54. The third kappa shape index (κ3) is 5.91. The zero-order valence-electron chi connectivity index (χ0n) is 40.0. The van der Waals surface area contributed by atoms with E-state index in [-0.39, 0.29) is 21.7 Å². The molecule has 0 bridgehead atoms. The van der Waals surface area contributed by atoms with E-state index >= 15 is 0 Å². The topological polar surface area (TPSA) is 3.24 Å². The van der Waals surface area contributed by atoms with Gasteiger partial charge >= 0.3 is 0 Å². The van der Waals surface area contributed by atoms with Crippen molar-refractivity contribution >= 4 is 17.1 Å². The first kappa shape index (κ1) is 41.0. The Morgan fingerprint density at radius 2 is 0.697 bits per heavy atom. The van der Waals surface area contributed by atoms with Crippen molar-refractivity contribution in [3.8, 4) is 44.5 Å². The Bertz CT molecular complexity index is 3200. The van der Waals surface area contributed by atoms with E-state index in [1.54, 1.807) is 0 Å². The van der Waals surface area contributed by atoms with Gasteiger partial charge in [0.15, 0.2) is 0 Å². The van der Waals surface area contributed by atoms with Gasteiger partial charge in [0.2, 0.25) is 0 Å². The summed E-state index contributed by atoms with van der Waals surface area (Å²) in [5.41, 5.74) is 25.2. The zero-order valence-corrected chi connectivity index (χ0v) is 40.0. The number of fused-ring (bicyclic) bond motifs is 12. The van der Waals surface area contributed by atoms with Crippen molar-refractivity contribution in [1.29, 1.82) is 0 Å². The van der Waals surface area contributed by atoms with Crippen molar-refractivity contribution in [1.82, 2.24) is 0 Å². The molecule has 0 amide bonds. The van der Waals surface area contributed by atoms with E-state index < -0.39 is 5.41 Å². The van der Waals surface area contributed by atoms with Crippen LogP contribution in [0.5, 0.6) is 0 Å². The first-order valence-corrected chi connectivity index (χ1v) is 24.4. The van der Waals surface area contributed by atoms with Crippen LogP contribution in [-0.2, 0) is 27.1 Å². The van der Waals surface area contributed by atoms with Crippen molar-refractivity contribution in [2.45, 2.75) is 108 Å². The smallest absolute Gasteiger partial charge is 0.0726 e. The highest BCUT2D eigenvalue weighted by Gasteiger charge is 2.52. The monoisotopic (exact) mass is 855 g/mol. The second-order valence-corrected chi connectivity index (χ2v) is 22.6. The minimum Gasteiger partial charge on any atom is -0.310 e. The lowest BCUT2D eigenvalue weighted by molar-refractivity contribution is 0.332. The zero-order chi connectivity index (χ0) is 45.4. The van der Waals surface area contributed by atoms with Gasteiger partial charge in [-0.2, -0.15) is 0 Å². The van der Waals surface area contributed by atoms with Gasteiger partial charge in [0.1, 0.15) is 0 Å². The van der Waals surface area contributed by atoms with E-state index in [0.717, 1.165) is 11.4 Å². The number of nitrogens with zero attached hydrogens (tertiary/aromatic N) is 1. The van der Waals surface area contributed by atoms with Crippen molar-refractivity contribution in [2.75, 3.05) is 4.90 Å². The molecule has 0 saturated heterocycles. The molecule has 4 aliphatic carbocycles. The second-order valence-electron chi connectivity index (χ2n) is 22.6. The first-order chi connectivity index (χ1) is 31.7. The Balaban J connectivity index is 1.12. The number of rotatable bonds is 5. The van der Waals surface area contributed by atoms with Gasteiger partial charge in [0.05, 0.1) is 11.1 Å². The van der Waals surface area contributed by atoms with Crippen molar-refractivity contribution in [3.63, 3.8) is 0 Å². The number of benzene rings is 8. The summed E-state index contributed by atoms with van der Waals surface area (Å²) in [6.07, 6.45) is 4.78. The fourth-order valence-electron chi connectivity index (χ4n) is 12.9. The fourth-order valence-corrected chi connectivity index (χ4v) is 12.9. The summed E-state index contributed by atoms with van der Waals surface area (Å²) in [6, 6.07) is 67.9. The maximum atomic E-state index is 2.59. The molecule has 0 atom stereocenters. The predicted octanol–water partition coefficient (Wildman–Crippen LogP) is 17.5. The molecular weight excluding hydrogens is 795 g/mol. The Hall–Kier alpha value is -6.44. The van der Waals surface area contributed by atoms with Gasteiger partial charge in [-0.05, 0) is 167 Å². The van der Waals surface area contributed by atoms with Gasteiger partial charge in [-0.3, -0.25) is 0 Å². The van der Waals surface area contributed by atoms with Gasteiger partial charge in [-0.1, -0.05) is 195 Å². The number of hydrogen-bond donors (Lipinski definition) is 0. The van der Waals surface area contributed by atoms with Crippen LogP contribution >= 0.6 is 0 Å². The summed E-state index contributed by atoms with van der Waals surface area (Å²) in [7, 11) is 0. The summed E-state index contributed by atoms with van der Waals surface area (Å²) in [5.74, 6) is 0. The van der Waals surface area contributed by atoms with Crippen LogP contribution in [0.2, 0.25) is 0 Å². The van der Waals surface area contributed by atoms with Gasteiger partial charge < -0.3 is 4.90 Å². The molecule has 0 aliphatic heterocycles. The Labute approximate surface area is 393 Å². The van der Waals surface area contributed by atoms with Gasteiger partial charge in [-0.25, -0.2) is 0 Å². The number of hydrogen-bond acceptors (Lipinski definition) is 1. The average Bonchev–Trinajstić information content (AvgIpc) is 3.79. The van der Waals surface area contributed by atoms with Crippen LogP contribution in [0.15, 0.2) is 176 Å². The largest absolute Gasteiger partial charge is 0.310 e. The summed E-state index contributed by atoms with van der Waals surface area (Å²) >= 11 is 0. The Morgan fingerprint density at radius 1 is 0.288 bits per heavy atom. The molecule has 8 aromatic rings. The molecule has 8 aromatic carbocycles. The van der Waals surface area contributed by atoms with E-state index in [1.807, 2.05) is 0 Å². The van der Waals surface area contributed by atoms with E-state index in [0.29, 0.717) is 0 Å². The molecule has 12 rings (SSSR count). The lowest BCUT2D eigenvalue weighted by Gasteiger charge is -2.42. The van der Waals surface area contributed by atoms with Crippen LogP contribution < -0.4 is 4.90 Å². The normalized spacial score (nSPS) is 18.1. The highest BCUT2D eigenvalue weighted by Crippen LogP contribution is 2.64. The van der Waals surface area contributed by atoms with E-state index in [9.17, 15) is 0 Å². The SMILES string of the molecule is CC1(C)CCC(C)(C)c2cc(-c3ccc(N(c4ccccc4)c4cc5c(cc4-c4ccc6c(c4)C(C)(C)CCC6(C)C)-c4ccccc4C54c5ccccc5-c5ccccc54)cc3)ccc21. The maximum Gasteiger partial charge on any atom is 0.0726 e. The van der Waals surface area contributed by atoms with E-state index in [4.69, 9.17) is 0 Å². The van der Waals surface area contributed by atoms with Crippen LogP contribution in [-0.4, -0.2) is 0 Å². The van der Waals surface area contributed by atoms with Crippen molar-refractivity contribution in [3.05, 3.63) is 220 Å². The summed E-state index contributed by atoms with van der Waals surface area (Å²) < 4.78 is 0. The molecule has 0 fully saturated rings. The third-order valence-corrected chi connectivity index (χ3v) is 16.8. The number of para-hydroxylation sites is 1. The van der Waals surface area contributed by atoms with Gasteiger partial charge in [0, 0.05) is 16.9 Å². The van der Waals surface area contributed by atoms with Crippen molar-refractivity contribution in [2.24, 2.45) is 0 Å². The molecule has 0 aromatic heterocycles. The third-order valence-electron chi connectivity index (χ3n) is 16.8. The maximum absolute atomic E-state index is 2.59. The van der Waals surface area contributed by atoms with Crippen LogP contribution in [0.25, 0.3) is 44.5 Å². The van der Waals surface area contributed by atoms with E-state index in [2.05, 4.69) is 236 Å². The Morgan fingerprint density at radius 3 is 1.23 bits per heavy atom. The second kappa shape index (κ2) is 14.3. The molecule has 66 heavy (non-hydrogen) atoms. The molecule has 0 radical (unpaired) electrons. The van der Waals surface area contributed by atoms with Crippen LogP contribution in [0.1, 0.15) is 126 Å². The van der Waals surface area contributed by atoms with Gasteiger partial charge in [-0.15, -0.1) is 0 Å². The van der Waals surface area contributed by atoms with Crippen LogP contribution in [0.4, 0.5) is 17.1 Å². The summed E-state index contributed by atoms with van der Waals surface area (Å²) in [6.45, 7) is 19.4. The van der Waals surface area contributed by atoms with Crippen molar-refractivity contribution < 1.29 is 0 Å². The lowest BCUT2D eigenvalue weighted by Crippen LogP contribution is -2.33. The highest BCUT2D eigenvalue weighted by atomic mass is 15.1. The average molecular weight is 856 g/mol. The number of anilines is 3. The molecule has 4 aliphatic rings. The van der Waals surface area contributed by atoms with Gasteiger partial charge in [0.25, 0.3) is 0 Å². The fraction of sp³-hybridized carbons (Fsp3) is 0.262. The molecule has 0 heterocycles. The quantitative estimate of drug-likeness (QED) is 0.167. The minimum absolute atomic E-state index is 0.0717. The molecule has 1 spiro atoms. The standard InChI is InChI=1S/C65H61N/c1-61(2)34-36-63(5,6)58-38-43(28-32-55(58)61)42-26-30-46(31-27-42)66(45-18-10-9-11-19-45)60-41-57-51(40-50(60)44-29-33-56-59(39-44)64(7,8)37-35-62(56,3)4)49-22-14-17-25-54(49)65(57)52-23-15-12-20-47(52)48-21-13-16-24-53(48)65/h9-33,38-41H,34-37H2,1-8H3. The summed E-state index contributed by atoms with van der Waals surface area (Å²) in [5, 5.41) is 0. The lowest BCUT2D eigenvalue weighted by atomic mass is 9.63. The molecule has 1 heteroatoms. The van der Waals surface area contributed by atoms with E-state index in [1.165, 1.54) is 120 Å². The van der Waals surface area contributed by atoms with Crippen LogP contribution in [0, 0.1) is 0 Å². The highest BCUT2D eigenvalue weighted by molar-refractivity contribution is 6.00. The first-order valence-electron chi connectivity index (χ1n) is 24.4. The predicted molar refractivity (Wildman–Crippen MR) is 279 cm³/mol. The molecule has 0 saturated carbocycles. The Kier molecular flexibility index (Phi) is 8.88. The molecule has 1 nitrogen and oxygen atoms in total. The molecular formula is C65H61N.